The zero-order valence-electron chi connectivity index (χ0n) is 15.6. The van der Waals surface area contributed by atoms with Crippen molar-refractivity contribution >= 4 is 28.9 Å². The van der Waals surface area contributed by atoms with Gasteiger partial charge in [-0.25, -0.2) is 9.78 Å². The Bertz CT molecular complexity index is 949. The minimum Gasteiger partial charge on any atom is -0.494 e. The highest BCUT2D eigenvalue weighted by Gasteiger charge is 2.11. The van der Waals surface area contributed by atoms with Gasteiger partial charge in [0.05, 0.1) is 31.4 Å². The summed E-state index contributed by atoms with van der Waals surface area (Å²) in [5.41, 5.74) is 2.73. The molecule has 0 saturated carbocycles. The SMILES string of the molecule is CCOc1ccc(-c2nc(CC(=O)Nc3ccc(C(=O)OC)cc3)cs2)cc1. The molecular weight excluding hydrogens is 376 g/mol. The largest absolute Gasteiger partial charge is 0.494 e. The van der Waals surface area contributed by atoms with Gasteiger partial charge >= 0.3 is 5.97 Å². The number of rotatable bonds is 7. The number of carbonyl (C=O) groups excluding carboxylic acids is 2. The van der Waals surface area contributed by atoms with Crippen molar-refractivity contribution in [3.8, 4) is 16.3 Å². The van der Waals surface area contributed by atoms with Crippen molar-refractivity contribution in [2.75, 3.05) is 19.0 Å². The molecule has 0 aliphatic rings. The fourth-order valence-corrected chi connectivity index (χ4v) is 3.38. The molecule has 0 spiro atoms. The Morgan fingerprint density at radius 1 is 1.07 bits per heavy atom. The zero-order chi connectivity index (χ0) is 19.9. The van der Waals surface area contributed by atoms with E-state index < -0.39 is 5.97 Å². The van der Waals surface area contributed by atoms with Gasteiger partial charge in [-0.1, -0.05) is 0 Å². The second kappa shape index (κ2) is 9.14. The second-order valence-corrected chi connectivity index (χ2v) is 6.75. The van der Waals surface area contributed by atoms with Crippen molar-refractivity contribution < 1.29 is 19.1 Å². The molecule has 144 valence electrons. The molecule has 0 unspecified atom stereocenters. The topological polar surface area (TPSA) is 77.5 Å². The van der Waals surface area contributed by atoms with Crippen molar-refractivity contribution in [2.45, 2.75) is 13.3 Å². The highest BCUT2D eigenvalue weighted by molar-refractivity contribution is 7.13. The lowest BCUT2D eigenvalue weighted by Gasteiger charge is -2.05. The quantitative estimate of drug-likeness (QED) is 0.606. The van der Waals surface area contributed by atoms with Crippen LogP contribution in [0.4, 0.5) is 5.69 Å². The molecule has 0 saturated heterocycles. The van der Waals surface area contributed by atoms with Gasteiger partial charge < -0.3 is 14.8 Å². The number of benzene rings is 2. The van der Waals surface area contributed by atoms with E-state index in [1.54, 1.807) is 24.3 Å². The van der Waals surface area contributed by atoms with E-state index in [1.807, 2.05) is 36.6 Å². The predicted molar refractivity (Wildman–Crippen MR) is 109 cm³/mol. The lowest BCUT2D eigenvalue weighted by molar-refractivity contribution is -0.115. The maximum absolute atomic E-state index is 12.3. The Morgan fingerprint density at radius 2 is 1.79 bits per heavy atom. The highest BCUT2D eigenvalue weighted by Crippen LogP contribution is 2.26. The van der Waals surface area contributed by atoms with Crippen LogP contribution in [0.5, 0.6) is 5.75 Å². The Hall–Kier alpha value is -3.19. The average molecular weight is 396 g/mol. The predicted octanol–water partition coefficient (Wildman–Crippen LogP) is 4.18. The molecule has 2 aromatic carbocycles. The Balaban J connectivity index is 1.59. The summed E-state index contributed by atoms with van der Waals surface area (Å²) in [6.45, 7) is 2.57. The summed E-state index contributed by atoms with van der Waals surface area (Å²) >= 11 is 1.49. The standard InChI is InChI=1S/C21H20N2O4S/c1-3-27-18-10-6-14(7-11-18)20-23-17(13-28-20)12-19(24)22-16-8-4-15(5-9-16)21(25)26-2/h4-11,13H,3,12H2,1-2H3,(H,22,24). The summed E-state index contributed by atoms with van der Waals surface area (Å²) < 4.78 is 10.1. The molecule has 0 aliphatic heterocycles. The van der Waals surface area contributed by atoms with E-state index in [0.29, 0.717) is 23.6 Å². The molecular formula is C21H20N2O4S. The number of carbonyl (C=O) groups is 2. The van der Waals surface area contributed by atoms with Crippen LogP contribution in [-0.2, 0) is 16.0 Å². The lowest BCUT2D eigenvalue weighted by atomic mass is 10.2. The first-order chi connectivity index (χ1) is 13.6. The summed E-state index contributed by atoms with van der Waals surface area (Å²) in [4.78, 5) is 28.2. The molecule has 6 nitrogen and oxygen atoms in total. The number of thiazole rings is 1. The van der Waals surface area contributed by atoms with Crippen LogP contribution in [0.15, 0.2) is 53.9 Å². The number of nitrogens with one attached hydrogen (secondary N) is 1. The number of methoxy groups -OCH3 is 1. The van der Waals surface area contributed by atoms with E-state index >= 15 is 0 Å². The highest BCUT2D eigenvalue weighted by atomic mass is 32.1. The summed E-state index contributed by atoms with van der Waals surface area (Å²) in [6, 6.07) is 14.3. The first kappa shape index (κ1) is 19.6. The normalized spacial score (nSPS) is 10.4. The molecule has 0 aliphatic carbocycles. The number of aromatic nitrogens is 1. The molecule has 1 heterocycles. The number of nitrogens with zero attached hydrogens (tertiary/aromatic N) is 1. The number of amides is 1. The third-order valence-electron chi connectivity index (χ3n) is 3.90. The fourth-order valence-electron chi connectivity index (χ4n) is 2.56. The van der Waals surface area contributed by atoms with E-state index in [0.717, 1.165) is 16.3 Å². The number of anilines is 1. The molecule has 3 rings (SSSR count). The van der Waals surface area contributed by atoms with Crippen LogP contribution in [0.25, 0.3) is 10.6 Å². The minimum absolute atomic E-state index is 0.172. The molecule has 7 heteroatoms. The van der Waals surface area contributed by atoms with Crippen LogP contribution in [0, 0.1) is 0 Å². The van der Waals surface area contributed by atoms with Crippen molar-refractivity contribution in [2.24, 2.45) is 0 Å². The molecule has 0 bridgehead atoms. The number of esters is 1. The van der Waals surface area contributed by atoms with Crippen molar-refractivity contribution in [1.82, 2.24) is 4.98 Å². The van der Waals surface area contributed by atoms with Gasteiger partial charge in [-0.2, -0.15) is 0 Å². The average Bonchev–Trinajstić information content (AvgIpc) is 3.17. The number of ether oxygens (including phenoxy) is 2. The van der Waals surface area contributed by atoms with Crippen LogP contribution in [-0.4, -0.2) is 30.6 Å². The van der Waals surface area contributed by atoms with E-state index in [9.17, 15) is 9.59 Å². The monoisotopic (exact) mass is 396 g/mol. The molecule has 0 radical (unpaired) electrons. The summed E-state index contributed by atoms with van der Waals surface area (Å²) in [7, 11) is 1.33. The fraction of sp³-hybridized carbons (Fsp3) is 0.190. The Morgan fingerprint density at radius 3 is 2.43 bits per heavy atom. The van der Waals surface area contributed by atoms with Gasteiger partial charge in [-0.05, 0) is 55.5 Å². The summed E-state index contributed by atoms with van der Waals surface area (Å²) in [5, 5.41) is 5.54. The zero-order valence-corrected chi connectivity index (χ0v) is 16.4. The summed E-state index contributed by atoms with van der Waals surface area (Å²) in [5.74, 6) is 0.233. The van der Waals surface area contributed by atoms with Gasteiger partial charge in [-0.3, -0.25) is 4.79 Å². The van der Waals surface area contributed by atoms with Gasteiger partial charge in [0.1, 0.15) is 10.8 Å². The van der Waals surface area contributed by atoms with Crippen LogP contribution < -0.4 is 10.1 Å². The molecule has 1 N–H and O–H groups in total. The molecule has 1 amide bonds. The van der Waals surface area contributed by atoms with Gasteiger partial charge in [0, 0.05) is 16.6 Å². The first-order valence-corrected chi connectivity index (χ1v) is 9.63. The third kappa shape index (κ3) is 4.95. The maximum Gasteiger partial charge on any atom is 0.337 e. The van der Waals surface area contributed by atoms with Crippen molar-refractivity contribution in [1.29, 1.82) is 0 Å². The van der Waals surface area contributed by atoms with Gasteiger partial charge in [0.15, 0.2) is 0 Å². The molecule has 1 aromatic heterocycles. The van der Waals surface area contributed by atoms with Gasteiger partial charge in [0.25, 0.3) is 0 Å². The Kier molecular flexibility index (Phi) is 6.39. The van der Waals surface area contributed by atoms with Crippen molar-refractivity contribution in [3.63, 3.8) is 0 Å². The molecule has 28 heavy (non-hydrogen) atoms. The molecule has 0 atom stereocenters. The maximum atomic E-state index is 12.3. The van der Waals surface area contributed by atoms with Crippen LogP contribution in [0.1, 0.15) is 23.0 Å². The Labute approximate surface area is 167 Å². The van der Waals surface area contributed by atoms with Crippen LogP contribution in [0.2, 0.25) is 0 Å². The number of hydrogen-bond acceptors (Lipinski definition) is 6. The third-order valence-corrected chi connectivity index (χ3v) is 4.84. The second-order valence-electron chi connectivity index (χ2n) is 5.90. The van der Waals surface area contributed by atoms with Crippen LogP contribution >= 0.6 is 11.3 Å². The van der Waals surface area contributed by atoms with E-state index in [4.69, 9.17) is 4.74 Å². The molecule has 3 aromatic rings. The smallest absolute Gasteiger partial charge is 0.337 e. The lowest BCUT2D eigenvalue weighted by Crippen LogP contribution is -2.14. The summed E-state index contributed by atoms with van der Waals surface area (Å²) in [6.07, 6.45) is 0.173. The van der Waals surface area contributed by atoms with Gasteiger partial charge in [-0.15, -0.1) is 11.3 Å². The first-order valence-electron chi connectivity index (χ1n) is 8.75. The van der Waals surface area contributed by atoms with E-state index in [2.05, 4.69) is 15.0 Å². The van der Waals surface area contributed by atoms with E-state index in [-0.39, 0.29) is 12.3 Å². The van der Waals surface area contributed by atoms with Crippen LogP contribution in [0.3, 0.4) is 0 Å². The van der Waals surface area contributed by atoms with Crippen molar-refractivity contribution in [3.05, 3.63) is 65.2 Å². The number of hydrogen-bond donors (Lipinski definition) is 1. The van der Waals surface area contributed by atoms with E-state index in [1.165, 1.54) is 18.4 Å². The molecule has 0 fully saturated rings. The van der Waals surface area contributed by atoms with Gasteiger partial charge in [0.2, 0.25) is 5.91 Å². The minimum atomic E-state index is -0.415.